The fourth-order valence-electron chi connectivity index (χ4n) is 0.659. The van der Waals surface area contributed by atoms with Gasteiger partial charge < -0.3 is 0 Å². The molecule has 10 heavy (non-hydrogen) atoms. The van der Waals surface area contributed by atoms with Crippen LogP contribution in [0.15, 0.2) is 25.3 Å². The Bertz CT molecular complexity index is 152. The molecule has 0 fully saturated rings. The van der Waals surface area contributed by atoms with E-state index in [4.69, 9.17) is 18.0 Å². The topological polar surface area (TPSA) is 0 Å². The third-order valence-corrected chi connectivity index (χ3v) is 1.61. The normalized spacial score (nSPS) is 10.0. The Kier molecular flexibility index (Phi) is 3.91. The standard InChI is InChI=1S/C9H11Cl/c1-4-7-9(10,6-3)8-5-2/h3-5H,1-2,7-8H2. The van der Waals surface area contributed by atoms with Crippen molar-refractivity contribution in [1.82, 2.24) is 0 Å². The van der Waals surface area contributed by atoms with Crippen molar-refractivity contribution in [1.29, 1.82) is 0 Å². The molecule has 0 nitrogen and oxygen atoms in total. The second kappa shape index (κ2) is 4.19. The molecule has 0 bridgehead atoms. The number of allylic oxidation sites excluding steroid dienone is 2. The highest BCUT2D eigenvalue weighted by molar-refractivity contribution is 6.26. The number of rotatable bonds is 4. The monoisotopic (exact) mass is 154 g/mol. The molecule has 0 spiro atoms. The quantitative estimate of drug-likeness (QED) is 0.332. The average Bonchev–Trinajstić information content (AvgIpc) is 1.89. The van der Waals surface area contributed by atoms with Gasteiger partial charge in [0.15, 0.2) is 0 Å². The van der Waals surface area contributed by atoms with Crippen LogP contribution >= 0.6 is 11.6 Å². The number of halogens is 1. The molecule has 0 N–H and O–H groups in total. The van der Waals surface area contributed by atoms with Gasteiger partial charge in [0.2, 0.25) is 0 Å². The molecule has 0 aromatic rings. The maximum absolute atomic E-state index is 5.95. The van der Waals surface area contributed by atoms with Gasteiger partial charge in [-0.05, 0) is 12.8 Å². The first kappa shape index (κ1) is 9.33. The molecule has 0 rings (SSSR count). The van der Waals surface area contributed by atoms with Crippen molar-refractivity contribution in [2.24, 2.45) is 0 Å². The van der Waals surface area contributed by atoms with E-state index in [1.165, 1.54) is 0 Å². The van der Waals surface area contributed by atoms with Gasteiger partial charge in [0.1, 0.15) is 4.87 Å². The summed E-state index contributed by atoms with van der Waals surface area (Å²) < 4.78 is 0. The molecule has 0 aromatic heterocycles. The molecule has 0 radical (unpaired) electrons. The van der Waals surface area contributed by atoms with Crippen molar-refractivity contribution in [2.45, 2.75) is 17.7 Å². The van der Waals surface area contributed by atoms with E-state index in [1.54, 1.807) is 12.2 Å². The molecule has 0 saturated heterocycles. The van der Waals surface area contributed by atoms with E-state index in [9.17, 15) is 0 Å². The molecule has 0 saturated carbocycles. The number of hydrogen-bond donors (Lipinski definition) is 0. The van der Waals surface area contributed by atoms with Crippen LogP contribution in [-0.2, 0) is 0 Å². The number of terminal acetylenes is 1. The maximum atomic E-state index is 5.95. The summed E-state index contributed by atoms with van der Waals surface area (Å²) in [6.07, 6.45) is 9.88. The van der Waals surface area contributed by atoms with Crippen molar-refractivity contribution in [2.75, 3.05) is 0 Å². The lowest BCUT2D eigenvalue weighted by atomic mass is 10.0. The van der Waals surface area contributed by atoms with E-state index in [2.05, 4.69) is 19.1 Å². The summed E-state index contributed by atoms with van der Waals surface area (Å²) in [6, 6.07) is 0. The third-order valence-electron chi connectivity index (χ3n) is 1.19. The van der Waals surface area contributed by atoms with Gasteiger partial charge in [-0.3, -0.25) is 0 Å². The first-order valence-electron chi connectivity index (χ1n) is 3.07. The van der Waals surface area contributed by atoms with Gasteiger partial charge in [0.25, 0.3) is 0 Å². The molecular formula is C9H11Cl. The summed E-state index contributed by atoms with van der Waals surface area (Å²) in [4.78, 5) is -0.594. The Morgan fingerprint density at radius 3 is 2.00 bits per heavy atom. The number of alkyl halides is 1. The largest absolute Gasteiger partial charge is 0.118 e. The Morgan fingerprint density at radius 1 is 1.40 bits per heavy atom. The van der Waals surface area contributed by atoms with E-state index >= 15 is 0 Å². The third kappa shape index (κ3) is 2.75. The summed E-state index contributed by atoms with van der Waals surface area (Å²) in [7, 11) is 0. The maximum Gasteiger partial charge on any atom is 0.111 e. The fraction of sp³-hybridized carbons (Fsp3) is 0.333. The highest BCUT2D eigenvalue weighted by Crippen LogP contribution is 2.23. The molecule has 0 heterocycles. The van der Waals surface area contributed by atoms with Gasteiger partial charge in [0.05, 0.1) is 0 Å². The van der Waals surface area contributed by atoms with Crippen LogP contribution in [0.2, 0.25) is 0 Å². The second-order valence-corrected chi connectivity index (χ2v) is 2.82. The summed E-state index contributed by atoms with van der Waals surface area (Å²) in [5.41, 5.74) is 0. The summed E-state index contributed by atoms with van der Waals surface area (Å²) in [6.45, 7) is 7.12. The zero-order valence-electron chi connectivity index (χ0n) is 5.94. The van der Waals surface area contributed by atoms with Crippen molar-refractivity contribution in [3.8, 4) is 12.3 Å². The van der Waals surface area contributed by atoms with Crippen LogP contribution in [0.1, 0.15) is 12.8 Å². The van der Waals surface area contributed by atoms with Crippen molar-refractivity contribution < 1.29 is 0 Å². The van der Waals surface area contributed by atoms with E-state index in [0.717, 1.165) is 0 Å². The smallest absolute Gasteiger partial charge is 0.111 e. The molecular weight excluding hydrogens is 144 g/mol. The van der Waals surface area contributed by atoms with Crippen LogP contribution in [0, 0.1) is 12.3 Å². The van der Waals surface area contributed by atoms with Gasteiger partial charge in [0, 0.05) is 0 Å². The van der Waals surface area contributed by atoms with Crippen LogP contribution < -0.4 is 0 Å². The Balaban J connectivity index is 4.09. The van der Waals surface area contributed by atoms with E-state index in [1.807, 2.05) is 0 Å². The summed E-state index contributed by atoms with van der Waals surface area (Å²) in [5, 5.41) is 0. The fourth-order valence-corrected chi connectivity index (χ4v) is 0.877. The van der Waals surface area contributed by atoms with Crippen LogP contribution in [-0.4, -0.2) is 4.87 Å². The van der Waals surface area contributed by atoms with Gasteiger partial charge in [-0.2, -0.15) is 0 Å². The minimum atomic E-state index is -0.594. The summed E-state index contributed by atoms with van der Waals surface area (Å²) in [5.74, 6) is 2.50. The zero-order chi connectivity index (χ0) is 8.04. The molecule has 0 amide bonds. The highest BCUT2D eigenvalue weighted by Gasteiger charge is 2.19. The molecule has 0 aromatic carbocycles. The lowest BCUT2D eigenvalue weighted by Crippen LogP contribution is -2.15. The average molecular weight is 155 g/mol. The molecule has 0 unspecified atom stereocenters. The Morgan fingerprint density at radius 2 is 1.80 bits per heavy atom. The predicted octanol–water partition coefficient (Wildman–Crippen LogP) is 2.75. The molecule has 54 valence electrons. The van der Waals surface area contributed by atoms with Gasteiger partial charge in [-0.1, -0.05) is 18.1 Å². The lowest BCUT2D eigenvalue weighted by molar-refractivity contribution is 0.747. The van der Waals surface area contributed by atoms with Crippen LogP contribution in [0.4, 0.5) is 0 Å². The number of hydrogen-bond acceptors (Lipinski definition) is 0. The minimum absolute atomic E-state index is 0.594. The highest BCUT2D eigenvalue weighted by atomic mass is 35.5. The molecule has 0 aliphatic carbocycles. The van der Waals surface area contributed by atoms with E-state index in [0.29, 0.717) is 12.8 Å². The molecule has 0 aliphatic heterocycles. The van der Waals surface area contributed by atoms with Crippen molar-refractivity contribution in [3.63, 3.8) is 0 Å². The predicted molar refractivity (Wildman–Crippen MR) is 47.0 cm³/mol. The van der Waals surface area contributed by atoms with Crippen LogP contribution in [0.5, 0.6) is 0 Å². The van der Waals surface area contributed by atoms with Gasteiger partial charge >= 0.3 is 0 Å². The van der Waals surface area contributed by atoms with Gasteiger partial charge in [-0.25, -0.2) is 0 Å². The summed E-state index contributed by atoms with van der Waals surface area (Å²) >= 11 is 5.95. The van der Waals surface area contributed by atoms with Crippen molar-refractivity contribution in [3.05, 3.63) is 25.3 Å². The SMILES string of the molecule is C#CC(Cl)(CC=C)CC=C. The van der Waals surface area contributed by atoms with Gasteiger partial charge in [-0.15, -0.1) is 31.2 Å². The lowest BCUT2D eigenvalue weighted by Gasteiger charge is -2.15. The zero-order valence-corrected chi connectivity index (χ0v) is 6.69. The first-order valence-corrected chi connectivity index (χ1v) is 3.45. The van der Waals surface area contributed by atoms with Crippen molar-refractivity contribution >= 4 is 11.6 Å². The van der Waals surface area contributed by atoms with Crippen LogP contribution in [0.3, 0.4) is 0 Å². The Labute approximate surface area is 67.6 Å². The first-order chi connectivity index (χ1) is 4.68. The minimum Gasteiger partial charge on any atom is -0.118 e. The van der Waals surface area contributed by atoms with E-state index in [-0.39, 0.29) is 0 Å². The Hall–Kier alpha value is -0.670. The van der Waals surface area contributed by atoms with E-state index < -0.39 is 4.87 Å². The molecule has 0 atom stereocenters. The molecule has 0 aliphatic rings. The second-order valence-electron chi connectivity index (χ2n) is 2.10. The van der Waals surface area contributed by atoms with Crippen LogP contribution in [0.25, 0.3) is 0 Å². The molecule has 1 heteroatoms.